The SMILES string of the molecule is CCCC(OC(C)(C)C)C(N=C=O)C(=O)O. The zero-order valence-electron chi connectivity index (χ0n) is 10.2. The molecule has 0 rings (SSSR count). The fourth-order valence-corrected chi connectivity index (χ4v) is 1.37. The van der Waals surface area contributed by atoms with E-state index in [2.05, 4.69) is 4.99 Å². The molecule has 2 unspecified atom stereocenters. The highest BCUT2D eigenvalue weighted by Gasteiger charge is 2.31. The van der Waals surface area contributed by atoms with E-state index in [1.807, 2.05) is 27.7 Å². The lowest BCUT2D eigenvalue weighted by molar-refractivity contribution is -0.146. The van der Waals surface area contributed by atoms with Crippen LogP contribution in [0.25, 0.3) is 0 Å². The number of ether oxygens (including phenoxy) is 1. The van der Waals surface area contributed by atoms with Gasteiger partial charge in [0.05, 0.1) is 11.7 Å². The van der Waals surface area contributed by atoms with Crippen molar-refractivity contribution in [2.75, 3.05) is 0 Å². The van der Waals surface area contributed by atoms with E-state index in [4.69, 9.17) is 9.84 Å². The zero-order chi connectivity index (χ0) is 12.8. The molecule has 92 valence electrons. The van der Waals surface area contributed by atoms with Crippen LogP contribution in [0.1, 0.15) is 40.5 Å². The first kappa shape index (κ1) is 14.8. The monoisotopic (exact) mass is 229 g/mol. The molecule has 0 aromatic carbocycles. The summed E-state index contributed by atoms with van der Waals surface area (Å²) in [6, 6.07) is -1.17. The van der Waals surface area contributed by atoms with E-state index in [1.165, 1.54) is 6.08 Å². The number of carbonyl (C=O) groups excluding carboxylic acids is 1. The number of carbonyl (C=O) groups is 1. The topological polar surface area (TPSA) is 76.0 Å². The Labute approximate surface area is 95.5 Å². The summed E-state index contributed by atoms with van der Waals surface area (Å²) >= 11 is 0. The molecule has 0 aromatic heterocycles. The Morgan fingerprint density at radius 3 is 2.38 bits per heavy atom. The second kappa shape index (κ2) is 6.40. The van der Waals surface area contributed by atoms with Crippen LogP contribution in [0.2, 0.25) is 0 Å². The van der Waals surface area contributed by atoms with Crippen molar-refractivity contribution < 1.29 is 19.4 Å². The number of hydrogen-bond donors (Lipinski definition) is 1. The molecule has 0 fully saturated rings. The van der Waals surface area contributed by atoms with Crippen molar-refractivity contribution in [1.29, 1.82) is 0 Å². The number of isocyanates is 1. The molecular formula is C11H19NO4. The third kappa shape index (κ3) is 5.63. The van der Waals surface area contributed by atoms with Crippen LogP contribution in [0.4, 0.5) is 0 Å². The molecule has 1 N–H and O–H groups in total. The molecule has 0 saturated carbocycles. The molecular weight excluding hydrogens is 210 g/mol. The summed E-state index contributed by atoms with van der Waals surface area (Å²) in [6.45, 7) is 7.42. The van der Waals surface area contributed by atoms with Crippen molar-refractivity contribution in [3.8, 4) is 0 Å². The second-order valence-electron chi connectivity index (χ2n) is 4.56. The van der Waals surface area contributed by atoms with Gasteiger partial charge >= 0.3 is 5.97 Å². The molecule has 0 bridgehead atoms. The highest BCUT2D eigenvalue weighted by Crippen LogP contribution is 2.19. The molecule has 2 atom stereocenters. The third-order valence-electron chi connectivity index (χ3n) is 1.88. The van der Waals surface area contributed by atoms with Crippen molar-refractivity contribution in [3.63, 3.8) is 0 Å². The van der Waals surface area contributed by atoms with E-state index in [0.717, 1.165) is 6.42 Å². The summed E-state index contributed by atoms with van der Waals surface area (Å²) < 4.78 is 5.60. The number of hydrogen-bond acceptors (Lipinski definition) is 4. The van der Waals surface area contributed by atoms with Gasteiger partial charge < -0.3 is 9.84 Å². The first-order valence-electron chi connectivity index (χ1n) is 5.29. The minimum Gasteiger partial charge on any atom is -0.480 e. The predicted octanol–water partition coefficient (Wildman–Crippen LogP) is 1.76. The van der Waals surface area contributed by atoms with Gasteiger partial charge in [0.1, 0.15) is 0 Å². The molecule has 0 aliphatic heterocycles. The normalized spacial score (nSPS) is 15.0. The van der Waals surface area contributed by atoms with E-state index >= 15 is 0 Å². The highest BCUT2D eigenvalue weighted by molar-refractivity contribution is 5.75. The van der Waals surface area contributed by atoms with E-state index in [0.29, 0.717) is 6.42 Å². The van der Waals surface area contributed by atoms with Crippen LogP contribution < -0.4 is 0 Å². The Hall–Kier alpha value is -1.19. The Morgan fingerprint density at radius 2 is 2.06 bits per heavy atom. The Bertz CT molecular complexity index is 274. The van der Waals surface area contributed by atoms with Crippen LogP contribution in [0.5, 0.6) is 0 Å². The molecule has 0 aromatic rings. The summed E-state index contributed by atoms with van der Waals surface area (Å²) in [5.74, 6) is -1.16. The number of carboxylic acid groups (broad SMARTS) is 1. The van der Waals surface area contributed by atoms with Gasteiger partial charge in [0.25, 0.3) is 0 Å². The number of rotatable bonds is 6. The maximum Gasteiger partial charge on any atom is 0.332 e. The van der Waals surface area contributed by atoms with Gasteiger partial charge in [-0.1, -0.05) is 13.3 Å². The quantitative estimate of drug-likeness (QED) is 0.556. The third-order valence-corrected chi connectivity index (χ3v) is 1.88. The van der Waals surface area contributed by atoms with Crippen molar-refractivity contribution >= 4 is 12.0 Å². The van der Waals surface area contributed by atoms with Gasteiger partial charge in [0.2, 0.25) is 6.08 Å². The molecule has 0 saturated heterocycles. The fraction of sp³-hybridized carbons (Fsp3) is 0.818. The van der Waals surface area contributed by atoms with Crippen LogP contribution >= 0.6 is 0 Å². The van der Waals surface area contributed by atoms with Crippen LogP contribution in [0.3, 0.4) is 0 Å². The van der Waals surface area contributed by atoms with Gasteiger partial charge in [-0.2, -0.15) is 4.99 Å². The first-order chi connectivity index (χ1) is 7.31. The molecule has 5 nitrogen and oxygen atoms in total. The average molecular weight is 229 g/mol. The molecule has 0 aliphatic rings. The number of carboxylic acids is 1. The van der Waals surface area contributed by atoms with E-state index < -0.39 is 23.7 Å². The maximum atomic E-state index is 10.9. The Kier molecular flexibility index (Phi) is 5.93. The minimum absolute atomic E-state index is 0.466. The average Bonchev–Trinajstić information content (AvgIpc) is 2.10. The Balaban J connectivity index is 4.84. The van der Waals surface area contributed by atoms with Gasteiger partial charge in [-0.3, -0.25) is 0 Å². The predicted molar refractivity (Wildman–Crippen MR) is 59.1 cm³/mol. The highest BCUT2D eigenvalue weighted by atomic mass is 16.5. The summed E-state index contributed by atoms with van der Waals surface area (Å²) in [4.78, 5) is 24.4. The van der Waals surface area contributed by atoms with Crippen molar-refractivity contribution in [2.45, 2.75) is 58.3 Å². The lowest BCUT2D eigenvalue weighted by Crippen LogP contribution is -2.39. The van der Waals surface area contributed by atoms with Gasteiger partial charge in [0, 0.05) is 0 Å². The molecule has 0 aliphatic carbocycles. The van der Waals surface area contributed by atoms with E-state index in [1.54, 1.807) is 0 Å². The van der Waals surface area contributed by atoms with Gasteiger partial charge in [-0.05, 0) is 27.2 Å². The maximum absolute atomic E-state index is 10.9. The fourth-order valence-electron chi connectivity index (χ4n) is 1.37. The molecule has 0 radical (unpaired) electrons. The molecule has 0 spiro atoms. The molecule has 0 amide bonds. The van der Waals surface area contributed by atoms with Crippen molar-refractivity contribution in [3.05, 3.63) is 0 Å². The summed E-state index contributed by atoms with van der Waals surface area (Å²) in [6.07, 6.45) is 2.00. The lowest BCUT2D eigenvalue weighted by Gasteiger charge is -2.29. The minimum atomic E-state index is -1.17. The van der Waals surface area contributed by atoms with Crippen LogP contribution in [0.15, 0.2) is 4.99 Å². The zero-order valence-corrected chi connectivity index (χ0v) is 10.2. The first-order valence-corrected chi connectivity index (χ1v) is 5.29. The van der Waals surface area contributed by atoms with Crippen LogP contribution in [-0.4, -0.2) is 34.9 Å². The number of aliphatic carboxylic acids is 1. The standard InChI is InChI=1S/C11H19NO4/c1-5-6-8(16-11(2,3)4)9(10(14)15)12-7-13/h8-9H,5-6H2,1-4H3,(H,14,15). The van der Waals surface area contributed by atoms with Gasteiger partial charge in [-0.25, -0.2) is 9.59 Å². The van der Waals surface area contributed by atoms with Crippen LogP contribution in [-0.2, 0) is 14.3 Å². The van der Waals surface area contributed by atoms with Gasteiger partial charge in [0.15, 0.2) is 6.04 Å². The second-order valence-corrected chi connectivity index (χ2v) is 4.56. The Morgan fingerprint density at radius 1 is 1.50 bits per heavy atom. The van der Waals surface area contributed by atoms with E-state index in [9.17, 15) is 9.59 Å². The smallest absolute Gasteiger partial charge is 0.332 e. The van der Waals surface area contributed by atoms with E-state index in [-0.39, 0.29) is 0 Å². The largest absolute Gasteiger partial charge is 0.480 e. The molecule has 0 heterocycles. The van der Waals surface area contributed by atoms with Gasteiger partial charge in [-0.15, -0.1) is 0 Å². The number of nitrogens with zero attached hydrogens (tertiary/aromatic N) is 1. The van der Waals surface area contributed by atoms with Crippen LogP contribution in [0, 0.1) is 0 Å². The lowest BCUT2D eigenvalue weighted by atomic mass is 10.0. The van der Waals surface area contributed by atoms with Crippen molar-refractivity contribution in [2.24, 2.45) is 4.99 Å². The number of aliphatic imine (C=N–C) groups is 1. The molecule has 16 heavy (non-hydrogen) atoms. The summed E-state index contributed by atoms with van der Waals surface area (Å²) in [5, 5.41) is 8.95. The summed E-state index contributed by atoms with van der Waals surface area (Å²) in [7, 11) is 0. The summed E-state index contributed by atoms with van der Waals surface area (Å²) in [5.41, 5.74) is -0.466. The molecule has 5 heteroatoms. The van der Waals surface area contributed by atoms with Crippen molar-refractivity contribution in [1.82, 2.24) is 0 Å².